The Morgan fingerprint density at radius 2 is 1.81 bits per heavy atom. The number of hydrogen-bond acceptors (Lipinski definition) is 6. The average molecular weight is 368 g/mol. The Kier molecular flexibility index (Phi) is 5.34. The van der Waals surface area contributed by atoms with Crippen molar-refractivity contribution in [1.82, 2.24) is 9.55 Å². The van der Waals surface area contributed by atoms with E-state index < -0.39 is 12.3 Å². The van der Waals surface area contributed by atoms with Crippen molar-refractivity contribution in [2.75, 3.05) is 21.3 Å². The maximum atomic E-state index is 13.1. The summed E-state index contributed by atoms with van der Waals surface area (Å²) in [6.07, 6.45) is 0.879. The molecule has 0 N–H and O–H groups in total. The third-order valence-corrected chi connectivity index (χ3v) is 4.37. The topological polar surface area (TPSA) is 79.7 Å². The van der Waals surface area contributed by atoms with Crippen molar-refractivity contribution in [2.45, 2.75) is 13.2 Å². The molecule has 1 aromatic heterocycles. The van der Waals surface area contributed by atoms with Crippen LogP contribution < -0.4 is 5.56 Å². The maximum Gasteiger partial charge on any atom is 0.337 e. The number of ether oxygens (including phenoxy) is 3. The average Bonchev–Trinajstić information content (AvgIpc) is 2.69. The fourth-order valence-corrected chi connectivity index (χ4v) is 2.94. The lowest BCUT2D eigenvalue weighted by molar-refractivity contribution is -0.105. The fraction of sp³-hybridized carbons (Fsp3) is 0.250. The predicted molar refractivity (Wildman–Crippen MR) is 100 cm³/mol. The van der Waals surface area contributed by atoms with E-state index in [-0.39, 0.29) is 5.56 Å². The van der Waals surface area contributed by atoms with Gasteiger partial charge in [0.2, 0.25) is 0 Å². The molecule has 3 aromatic rings. The number of aromatic nitrogens is 2. The van der Waals surface area contributed by atoms with Gasteiger partial charge in [0.05, 0.1) is 29.3 Å². The van der Waals surface area contributed by atoms with Gasteiger partial charge in [0.15, 0.2) is 6.29 Å². The second-order valence-corrected chi connectivity index (χ2v) is 5.99. The maximum absolute atomic E-state index is 13.1. The highest BCUT2D eigenvalue weighted by molar-refractivity contribution is 5.90. The smallest absolute Gasteiger partial charge is 0.337 e. The van der Waals surface area contributed by atoms with Crippen LogP contribution in [-0.2, 0) is 14.2 Å². The first-order valence-corrected chi connectivity index (χ1v) is 8.26. The summed E-state index contributed by atoms with van der Waals surface area (Å²) in [4.78, 5) is 29.3. The summed E-state index contributed by atoms with van der Waals surface area (Å²) in [7, 11) is 4.37. The number of nitrogens with zero attached hydrogens (tertiary/aromatic N) is 2. The van der Waals surface area contributed by atoms with Crippen LogP contribution in [-0.4, -0.2) is 36.8 Å². The van der Waals surface area contributed by atoms with Gasteiger partial charge in [-0.15, -0.1) is 0 Å². The Bertz CT molecular complexity index is 1050. The molecule has 0 bridgehead atoms. The highest BCUT2D eigenvalue weighted by atomic mass is 16.7. The quantitative estimate of drug-likeness (QED) is 0.509. The molecule has 7 heteroatoms. The Hall–Kier alpha value is -3.03. The molecule has 0 aliphatic heterocycles. The molecular formula is C20H20N2O5. The fourth-order valence-electron chi connectivity index (χ4n) is 2.94. The molecule has 7 nitrogen and oxygen atoms in total. The van der Waals surface area contributed by atoms with Crippen LogP contribution in [0, 0.1) is 6.92 Å². The van der Waals surface area contributed by atoms with Crippen molar-refractivity contribution in [3.8, 4) is 5.69 Å². The van der Waals surface area contributed by atoms with E-state index in [1.165, 1.54) is 32.2 Å². The number of carbonyl (C=O) groups excluding carboxylic acids is 1. The van der Waals surface area contributed by atoms with E-state index in [1.807, 2.05) is 6.92 Å². The SMILES string of the molecule is COC(=O)c1ccc(C)c(-n2cnc3ccc(C(OC)OC)cc3c2=O)c1. The second kappa shape index (κ2) is 7.69. The van der Waals surface area contributed by atoms with Gasteiger partial charge in [-0.2, -0.15) is 0 Å². The summed E-state index contributed by atoms with van der Waals surface area (Å²) in [6.45, 7) is 1.86. The van der Waals surface area contributed by atoms with Crippen LogP contribution in [0.5, 0.6) is 0 Å². The van der Waals surface area contributed by atoms with Gasteiger partial charge in [0.25, 0.3) is 5.56 Å². The van der Waals surface area contributed by atoms with Gasteiger partial charge in [-0.25, -0.2) is 9.78 Å². The third-order valence-electron chi connectivity index (χ3n) is 4.37. The molecule has 2 aromatic carbocycles. The molecule has 0 saturated carbocycles. The number of methoxy groups -OCH3 is 3. The zero-order chi connectivity index (χ0) is 19.6. The molecule has 0 spiro atoms. The Morgan fingerprint density at radius 3 is 2.48 bits per heavy atom. The van der Waals surface area contributed by atoms with Gasteiger partial charge in [0, 0.05) is 19.8 Å². The summed E-state index contributed by atoms with van der Waals surface area (Å²) in [5.74, 6) is -0.469. The first-order chi connectivity index (χ1) is 13.0. The highest BCUT2D eigenvalue weighted by Gasteiger charge is 2.15. The van der Waals surface area contributed by atoms with E-state index in [2.05, 4.69) is 4.98 Å². The number of esters is 1. The minimum Gasteiger partial charge on any atom is -0.465 e. The number of rotatable bonds is 5. The van der Waals surface area contributed by atoms with Gasteiger partial charge in [-0.1, -0.05) is 12.1 Å². The highest BCUT2D eigenvalue weighted by Crippen LogP contribution is 2.21. The van der Waals surface area contributed by atoms with Crippen LogP contribution in [0.2, 0.25) is 0 Å². The predicted octanol–water partition coefficient (Wildman–Crippen LogP) is 2.77. The number of hydrogen-bond donors (Lipinski definition) is 0. The molecule has 1 heterocycles. The van der Waals surface area contributed by atoms with E-state index in [1.54, 1.807) is 36.4 Å². The molecule has 0 atom stereocenters. The lowest BCUT2D eigenvalue weighted by Gasteiger charge is -2.15. The summed E-state index contributed by atoms with van der Waals surface area (Å²) in [6, 6.07) is 10.3. The summed E-state index contributed by atoms with van der Waals surface area (Å²) >= 11 is 0. The minimum absolute atomic E-state index is 0.252. The normalized spacial score (nSPS) is 11.1. The van der Waals surface area contributed by atoms with Crippen LogP contribution in [0.4, 0.5) is 0 Å². The Morgan fingerprint density at radius 1 is 1.07 bits per heavy atom. The molecular weight excluding hydrogens is 348 g/mol. The summed E-state index contributed by atoms with van der Waals surface area (Å²) in [5.41, 5.74) is 2.78. The molecule has 140 valence electrons. The first-order valence-electron chi connectivity index (χ1n) is 8.26. The van der Waals surface area contributed by atoms with Gasteiger partial charge in [0.1, 0.15) is 6.33 Å². The van der Waals surface area contributed by atoms with E-state index >= 15 is 0 Å². The van der Waals surface area contributed by atoms with Crippen molar-refractivity contribution in [3.63, 3.8) is 0 Å². The summed E-state index contributed by atoms with van der Waals surface area (Å²) < 4.78 is 16.7. The molecule has 0 saturated heterocycles. The van der Waals surface area contributed by atoms with E-state index in [9.17, 15) is 9.59 Å². The van der Waals surface area contributed by atoms with Crippen LogP contribution in [0.1, 0.15) is 27.8 Å². The van der Waals surface area contributed by atoms with Crippen molar-refractivity contribution in [3.05, 3.63) is 69.8 Å². The number of benzene rings is 2. The van der Waals surface area contributed by atoms with Crippen LogP contribution in [0.15, 0.2) is 47.5 Å². The van der Waals surface area contributed by atoms with Gasteiger partial charge in [-0.05, 0) is 36.8 Å². The van der Waals surface area contributed by atoms with Crippen LogP contribution in [0.25, 0.3) is 16.6 Å². The summed E-state index contributed by atoms with van der Waals surface area (Å²) in [5, 5.41) is 0.428. The number of aryl methyl sites for hydroxylation is 1. The first kappa shape index (κ1) is 18.8. The van der Waals surface area contributed by atoms with Crippen molar-refractivity contribution >= 4 is 16.9 Å². The van der Waals surface area contributed by atoms with Gasteiger partial charge in [-0.3, -0.25) is 9.36 Å². The lowest BCUT2D eigenvalue weighted by atomic mass is 10.1. The van der Waals surface area contributed by atoms with Crippen LogP contribution >= 0.6 is 0 Å². The monoisotopic (exact) mass is 368 g/mol. The van der Waals surface area contributed by atoms with E-state index in [0.717, 1.165) is 5.56 Å². The van der Waals surface area contributed by atoms with Crippen molar-refractivity contribution in [2.24, 2.45) is 0 Å². The zero-order valence-corrected chi connectivity index (χ0v) is 15.6. The standard InChI is InChI=1S/C20H20N2O5/c1-12-5-6-13(19(24)25-2)10-17(12)22-11-21-16-8-7-14(20(26-3)27-4)9-15(16)18(22)23/h5-11,20H,1-4H3. The van der Waals surface area contributed by atoms with E-state index in [4.69, 9.17) is 14.2 Å². The van der Waals surface area contributed by atoms with Gasteiger partial charge < -0.3 is 14.2 Å². The van der Waals surface area contributed by atoms with Crippen molar-refractivity contribution < 1.29 is 19.0 Å². The molecule has 0 radical (unpaired) electrons. The minimum atomic E-state index is -0.577. The molecule has 0 aliphatic carbocycles. The largest absolute Gasteiger partial charge is 0.465 e. The number of fused-ring (bicyclic) bond motifs is 1. The van der Waals surface area contributed by atoms with Crippen molar-refractivity contribution in [1.29, 1.82) is 0 Å². The third kappa shape index (κ3) is 3.47. The zero-order valence-electron chi connectivity index (χ0n) is 15.6. The van der Waals surface area contributed by atoms with Crippen LogP contribution in [0.3, 0.4) is 0 Å². The molecule has 3 rings (SSSR count). The molecule has 0 unspecified atom stereocenters. The molecule has 0 fully saturated rings. The molecule has 0 amide bonds. The Labute approximate surface area is 156 Å². The number of carbonyl (C=O) groups is 1. The molecule has 0 aliphatic rings. The van der Waals surface area contributed by atoms with E-state index in [0.29, 0.717) is 27.7 Å². The second-order valence-electron chi connectivity index (χ2n) is 5.99. The lowest BCUT2D eigenvalue weighted by Crippen LogP contribution is -2.20. The Balaban J connectivity index is 2.20. The molecule has 27 heavy (non-hydrogen) atoms. The van der Waals surface area contributed by atoms with Gasteiger partial charge >= 0.3 is 5.97 Å².